The maximum absolute atomic E-state index is 10.4. The molecule has 1 spiro atoms. The summed E-state index contributed by atoms with van der Waals surface area (Å²) in [4.78, 5) is 2.71. The van der Waals surface area contributed by atoms with Crippen LogP contribution in [0, 0.1) is 35.0 Å². The Hall–Kier alpha value is -0.720. The Morgan fingerprint density at radius 2 is 1.97 bits per heavy atom. The fourth-order valence-electron chi connectivity index (χ4n) is 10.3. The highest BCUT2D eigenvalue weighted by molar-refractivity contribution is 5.34. The number of likely N-dealkylation sites (tertiary alicyclic amines) is 1. The van der Waals surface area contributed by atoms with Gasteiger partial charge >= 0.3 is 0 Å². The zero-order chi connectivity index (χ0) is 26.7. The topological polar surface area (TPSA) is 51.2 Å². The van der Waals surface area contributed by atoms with Crippen molar-refractivity contribution in [3.05, 3.63) is 22.8 Å². The minimum Gasteiger partial charge on any atom is -0.393 e. The Morgan fingerprint density at radius 1 is 1.13 bits per heavy atom. The molecule has 1 N–H and O–H groups in total. The normalized spacial score (nSPS) is 46.8. The molecule has 0 radical (unpaired) electrons. The van der Waals surface area contributed by atoms with Crippen molar-refractivity contribution in [3.63, 3.8) is 0 Å². The maximum Gasteiger partial charge on any atom is 0.0765 e. The summed E-state index contributed by atoms with van der Waals surface area (Å²) < 4.78 is 18.3. The average Bonchev–Trinajstić information content (AvgIpc) is 3.34. The molecule has 0 aromatic carbocycles. The van der Waals surface area contributed by atoms with Crippen LogP contribution < -0.4 is 0 Å². The van der Waals surface area contributed by atoms with Gasteiger partial charge in [-0.1, -0.05) is 43.6 Å². The molecule has 0 aromatic rings. The number of hydrogen-bond acceptors (Lipinski definition) is 5. The molecule has 38 heavy (non-hydrogen) atoms. The molecular formula is C33H53NO4. The molecule has 2 aliphatic heterocycles. The monoisotopic (exact) mass is 527 g/mol. The molecule has 10 atom stereocenters. The van der Waals surface area contributed by atoms with Crippen LogP contribution in [0.4, 0.5) is 0 Å². The number of hydrogen-bond donors (Lipinski definition) is 1. The van der Waals surface area contributed by atoms with Crippen molar-refractivity contribution in [2.45, 2.75) is 109 Å². The smallest absolute Gasteiger partial charge is 0.0765 e. The summed E-state index contributed by atoms with van der Waals surface area (Å²) in [6.45, 7) is 14.2. The lowest BCUT2D eigenvalue weighted by molar-refractivity contribution is -0.0805. The molecule has 4 fully saturated rings. The highest BCUT2D eigenvalue weighted by Crippen LogP contribution is 2.63. The minimum atomic E-state index is -0.123. The quantitative estimate of drug-likeness (QED) is 0.351. The number of aliphatic hydroxyl groups is 1. The van der Waals surface area contributed by atoms with Gasteiger partial charge in [0.05, 0.1) is 37.6 Å². The molecule has 0 aromatic heterocycles. The van der Waals surface area contributed by atoms with Crippen molar-refractivity contribution in [3.8, 4) is 0 Å². The minimum absolute atomic E-state index is 0.0139. The summed E-state index contributed by atoms with van der Waals surface area (Å²) in [6.07, 6.45) is 13.1. The van der Waals surface area contributed by atoms with Crippen LogP contribution in [0.15, 0.2) is 22.8 Å². The number of nitrogens with zero attached hydrogens (tertiary/aromatic N) is 1. The second-order valence-corrected chi connectivity index (χ2v) is 14.3. The van der Waals surface area contributed by atoms with Crippen LogP contribution in [0.3, 0.4) is 0 Å². The molecule has 2 heterocycles. The summed E-state index contributed by atoms with van der Waals surface area (Å²) in [5.74, 6) is 3.47. The molecule has 1 unspecified atom stereocenters. The van der Waals surface area contributed by atoms with E-state index in [1.54, 1.807) is 23.8 Å². The van der Waals surface area contributed by atoms with Gasteiger partial charge in [0.15, 0.2) is 0 Å². The van der Waals surface area contributed by atoms with Crippen LogP contribution >= 0.6 is 0 Å². The summed E-state index contributed by atoms with van der Waals surface area (Å²) in [5, 5.41) is 10.4. The van der Waals surface area contributed by atoms with Gasteiger partial charge in [0, 0.05) is 32.2 Å². The Labute approximate surface area is 231 Å². The number of methoxy groups -OCH3 is 1. The number of ether oxygens (including phenoxy) is 3. The van der Waals surface area contributed by atoms with Gasteiger partial charge in [-0.15, -0.1) is 0 Å². The van der Waals surface area contributed by atoms with E-state index in [-0.39, 0.29) is 11.7 Å². The van der Waals surface area contributed by atoms with Gasteiger partial charge in [0.25, 0.3) is 0 Å². The van der Waals surface area contributed by atoms with Gasteiger partial charge < -0.3 is 19.3 Å². The Bertz CT molecular complexity index is 945. The predicted octanol–water partition coefficient (Wildman–Crippen LogP) is 5.77. The highest BCUT2D eigenvalue weighted by Gasteiger charge is 2.59. The second kappa shape index (κ2) is 10.6. The lowest BCUT2D eigenvalue weighted by Gasteiger charge is -2.49. The summed E-state index contributed by atoms with van der Waals surface area (Å²) in [6, 6.07) is 0.508. The first-order chi connectivity index (χ1) is 18.3. The molecule has 2 saturated heterocycles. The second-order valence-electron chi connectivity index (χ2n) is 14.3. The number of aliphatic hydroxyl groups excluding tert-OH is 1. The zero-order valence-electron chi connectivity index (χ0n) is 24.7. The van der Waals surface area contributed by atoms with E-state index in [4.69, 9.17) is 14.2 Å². The third-order valence-electron chi connectivity index (χ3n) is 12.2. The average molecular weight is 528 g/mol. The number of allylic oxidation sites excluding steroid dienone is 2. The first kappa shape index (κ1) is 27.4. The standard InChI is InChI=1S/C33H53NO4/c1-21-16-30-31(34(20-21)12-13-37-15-14-36-5)23(3)33(38-30)11-9-26-27-7-6-24-17-25(35)8-10-32(24,4)29(27)18-28(26)22(2)19-33/h6,21,23,25-27,29-31,35H,7-20H2,1-5H3/t21-,23+,25-,26-,27-,29-,30+,31?,32-,33-/m0/s1. The van der Waals surface area contributed by atoms with Crippen LogP contribution in [-0.2, 0) is 14.2 Å². The van der Waals surface area contributed by atoms with Crippen LogP contribution in [0.25, 0.3) is 0 Å². The Balaban J connectivity index is 1.20. The summed E-state index contributed by atoms with van der Waals surface area (Å²) >= 11 is 0. The van der Waals surface area contributed by atoms with Gasteiger partial charge in [0.2, 0.25) is 0 Å². The SMILES string of the molecule is COCCOCCN1C[C@@H](C)C[C@H]2O[C@]3(CC[C@@H]4C(=C(C)C3)C[C@H]3[C@H]4CC=C4C[C@@H](O)CC[C@@]43C)[C@H](C)C21. The van der Waals surface area contributed by atoms with Crippen molar-refractivity contribution in [1.29, 1.82) is 0 Å². The van der Waals surface area contributed by atoms with Crippen LogP contribution in [0.5, 0.6) is 0 Å². The van der Waals surface area contributed by atoms with Gasteiger partial charge in [-0.2, -0.15) is 0 Å². The van der Waals surface area contributed by atoms with Crippen molar-refractivity contribution >= 4 is 0 Å². The van der Waals surface area contributed by atoms with E-state index in [1.807, 2.05) is 0 Å². The first-order valence-corrected chi connectivity index (χ1v) is 15.8. The van der Waals surface area contributed by atoms with Crippen molar-refractivity contribution in [2.75, 3.05) is 40.0 Å². The molecule has 6 rings (SSSR count). The Kier molecular flexibility index (Phi) is 7.65. The number of fused-ring (bicyclic) bond motifs is 6. The zero-order valence-corrected chi connectivity index (χ0v) is 24.7. The number of rotatable bonds is 6. The van der Waals surface area contributed by atoms with Crippen LogP contribution in [0.2, 0.25) is 0 Å². The Morgan fingerprint density at radius 3 is 2.79 bits per heavy atom. The molecule has 2 saturated carbocycles. The van der Waals surface area contributed by atoms with Gasteiger partial charge in [-0.05, 0) is 93.8 Å². The van der Waals surface area contributed by atoms with Crippen molar-refractivity contribution < 1.29 is 19.3 Å². The van der Waals surface area contributed by atoms with E-state index >= 15 is 0 Å². The fourth-order valence-corrected chi connectivity index (χ4v) is 10.3. The highest BCUT2D eigenvalue weighted by atomic mass is 16.5. The van der Waals surface area contributed by atoms with Crippen molar-refractivity contribution in [1.82, 2.24) is 4.90 Å². The van der Waals surface area contributed by atoms with Gasteiger partial charge in [-0.3, -0.25) is 4.90 Å². The molecule has 0 bridgehead atoms. The lowest BCUT2D eigenvalue weighted by Crippen LogP contribution is -2.52. The van der Waals surface area contributed by atoms with E-state index in [9.17, 15) is 5.11 Å². The lowest BCUT2D eigenvalue weighted by atomic mass is 9.56. The maximum atomic E-state index is 10.4. The van der Waals surface area contributed by atoms with Gasteiger partial charge in [0.1, 0.15) is 0 Å². The first-order valence-electron chi connectivity index (χ1n) is 15.8. The largest absolute Gasteiger partial charge is 0.393 e. The fraction of sp³-hybridized carbons (Fsp3) is 0.879. The molecule has 0 amide bonds. The van der Waals surface area contributed by atoms with Gasteiger partial charge in [-0.25, -0.2) is 0 Å². The van der Waals surface area contributed by atoms with Crippen LogP contribution in [-0.4, -0.2) is 73.9 Å². The molecule has 4 aliphatic carbocycles. The molecule has 214 valence electrons. The van der Waals surface area contributed by atoms with Crippen LogP contribution in [0.1, 0.15) is 85.5 Å². The van der Waals surface area contributed by atoms with Crippen molar-refractivity contribution in [2.24, 2.45) is 35.0 Å². The third kappa shape index (κ3) is 4.57. The third-order valence-corrected chi connectivity index (χ3v) is 12.2. The van der Waals surface area contributed by atoms with E-state index in [2.05, 4.69) is 38.7 Å². The molecule has 5 heteroatoms. The van der Waals surface area contributed by atoms with E-state index < -0.39 is 0 Å². The van der Waals surface area contributed by atoms with E-state index in [0.717, 1.165) is 63.1 Å². The predicted molar refractivity (Wildman–Crippen MR) is 151 cm³/mol. The summed E-state index contributed by atoms with van der Waals surface area (Å²) in [7, 11) is 1.74. The molecule has 6 aliphatic rings. The molecule has 5 nitrogen and oxygen atoms in total. The number of piperidine rings is 1. The molecular weight excluding hydrogens is 474 g/mol. The van der Waals surface area contributed by atoms with E-state index in [0.29, 0.717) is 42.6 Å². The summed E-state index contributed by atoms with van der Waals surface area (Å²) in [5.41, 5.74) is 5.30. The van der Waals surface area contributed by atoms with E-state index in [1.165, 1.54) is 32.1 Å².